The molecule has 25 heavy (non-hydrogen) atoms. The van der Waals surface area contributed by atoms with E-state index in [-0.39, 0.29) is 5.60 Å². The largest absolute Gasteiger partial charge is 0.487 e. The lowest BCUT2D eigenvalue weighted by Crippen LogP contribution is -2.44. The molecule has 2 bridgehead atoms. The summed E-state index contributed by atoms with van der Waals surface area (Å²) in [5.74, 6) is 2.16. The molecule has 2 aromatic carbocycles. The minimum Gasteiger partial charge on any atom is -0.487 e. The van der Waals surface area contributed by atoms with Crippen molar-refractivity contribution in [2.75, 3.05) is 0 Å². The normalized spacial score (nSPS) is 28.0. The molecule has 1 aliphatic carbocycles. The van der Waals surface area contributed by atoms with E-state index in [4.69, 9.17) is 4.74 Å². The van der Waals surface area contributed by atoms with Gasteiger partial charge in [-0.3, -0.25) is 0 Å². The van der Waals surface area contributed by atoms with E-state index < -0.39 is 0 Å². The molecule has 0 unspecified atom stereocenters. The molecule has 2 heterocycles. The van der Waals surface area contributed by atoms with Gasteiger partial charge < -0.3 is 9.72 Å². The van der Waals surface area contributed by atoms with Gasteiger partial charge in [0.15, 0.2) is 0 Å². The van der Waals surface area contributed by atoms with Crippen LogP contribution in [0.15, 0.2) is 42.5 Å². The molecule has 1 aromatic heterocycles. The molecule has 0 spiro atoms. The van der Waals surface area contributed by atoms with Crippen molar-refractivity contribution in [1.82, 2.24) is 4.98 Å². The van der Waals surface area contributed by atoms with Gasteiger partial charge in [-0.15, -0.1) is 0 Å². The summed E-state index contributed by atoms with van der Waals surface area (Å²) >= 11 is 0. The van der Waals surface area contributed by atoms with Gasteiger partial charge in [0.25, 0.3) is 0 Å². The summed E-state index contributed by atoms with van der Waals surface area (Å²) in [7, 11) is 0. The minimum absolute atomic E-state index is 0.0337. The van der Waals surface area contributed by atoms with Crippen LogP contribution >= 0.6 is 0 Å². The smallest absolute Gasteiger partial charge is 0.128 e. The molecule has 1 fully saturated rings. The predicted molar refractivity (Wildman–Crippen MR) is 104 cm³/mol. The van der Waals surface area contributed by atoms with Gasteiger partial charge in [0.05, 0.1) is 5.52 Å². The Hall–Kier alpha value is -2.22. The Morgan fingerprint density at radius 3 is 2.88 bits per heavy atom. The highest BCUT2D eigenvalue weighted by Crippen LogP contribution is 2.56. The number of ether oxygens (including phenoxy) is 1. The third kappa shape index (κ3) is 2.03. The molecule has 1 aliphatic heterocycles. The number of aryl methyl sites for hydroxylation is 1. The minimum atomic E-state index is -0.0337. The van der Waals surface area contributed by atoms with Crippen LogP contribution in [0.1, 0.15) is 50.2 Å². The molecule has 5 rings (SSSR count). The standard InChI is InChI=1S/C23H25NO/c1-13(2)15-9-10-23(4)12-18(15)20-21-17(11-14(3)22(20)25-23)16-7-5-6-8-19(16)24-21/h5-8,11,15,18,24H,1,9-10,12H2,2-4H3/t15-,18-,23-/m0/s1. The average molecular weight is 331 g/mol. The van der Waals surface area contributed by atoms with Gasteiger partial charge in [-0.1, -0.05) is 30.4 Å². The lowest BCUT2D eigenvalue weighted by Gasteiger charge is -2.48. The van der Waals surface area contributed by atoms with Crippen molar-refractivity contribution in [2.45, 2.75) is 51.6 Å². The highest BCUT2D eigenvalue weighted by Gasteiger charge is 2.46. The first-order valence-corrected chi connectivity index (χ1v) is 9.35. The van der Waals surface area contributed by atoms with E-state index >= 15 is 0 Å². The molecule has 3 aromatic rings. The number of allylic oxidation sites excluding steroid dienone is 1. The fourth-order valence-corrected chi connectivity index (χ4v) is 5.23. The van der Waals surface area contributed by atoms with Crippen LogP contribution < -0.4 is 4.74 Å². The maximum Gasteiger partial charge on any atom is 0.128 e. The third-order valence-corrected chi connectivity index (χ3v) is 6.45. The van der Waals surface area contributed by atoms with Gasteiger partial charge in [0, 0.05) is 21.9 Å². The third-order valence-electron chi connectivity index (χ3n) is 6.45. The van der Waals surface area contributed by atoms with Gasteiger partial charge >= 0.3 is 0 Å². The van der Waals surface area contributed by atoms with Gasteiger partial charge in [0.2, 0.25) is 0 Å². The van der Waals surface area contributed by atoms with Crippen molar-refractivity contribution in [3.63, 3.8) is 0 Å². The molecule has 3 atom stereocenters. The van der Waals surface area contributed by atoms with E-state index in [0.29, 0.717) is 11.8 Å². The van der Waals surface area contributed by atoms with Crippen LogP contribution in [0.4, 0.5) is 0 Å². The van der Waals surface area contributed by atoms with Gasteiger partial charge in [-0.05, 0) is 69.6 Å². The van der Waals surface area contributed by atoms with Gasteiger partial charge in [0.1, 0.15) is 11.4 Å². The second-order valence-corrected chi connectivity index (χ2v) is 8.38. The highest BCUT2D eigenvalue weighted by molar-refractivity contribution is 6.09. The highest BCUT2D eigenvalue weighted by atomic mass is 16.5. The number of H-pyrrole nitrogens is 1. The van der Waals surface area contributed by atoms with E-state index in [9.17, 15) is 0 Å². The molecule has 128 valence electrons. The summed E-state index contributed by atoms with van der Waals surface area (Å²) in [6, 6.07) is 10.9. The van der Waals surface area contributed by atoms with Crippen LogP contribution in [0.5, 0.6) is 5.75 Å². The second kappa shape index (κ2) is 4.91. The number of benzene rings is 2. The summed E-state index contributed by atoms with van der Waals surface area (Å²) in [6.45, 7) is 11.0. The zero-order chi connectivity index (χ0) is 17.3. The van der Waals surface area contributed by atoms with Crippen molar-refractivity contribution >= 4 is 21.8 Å². The summed E-state index contributed by atoms with van der Waals surface area (Å²) < 4.78 is 6.60. The number of fused-ring (bicyclic) bond motifs is 8. The molecule has 1 N–H and O–H groups in total. The lowest BCUT2D eigenvalue weighted by molar-refractivity contribution is 0.00731. The lowest BCUT2D eigenvalue weighted by atomic mass is 9.65. The van der Waals surface area contributed by atoms with E-state index in [1.165, 1.54) is 44.9 Å². The first kappa shape index (κ1) is 15.1. The second-order valence-electron chi connectivity index (χ2n) is 8.38. The molecule has 2 nitrogen and oxygen atoms in total. The summed E-state index contributed by atoms with van der Waals surface area (Å²) in [6.07, 6.45) is 3.38. The number of hydrogen-bond acceptors (Lipinski definition) is 1. The molecule has 0 saturated heterocycles. The van der Waals surface area contributed by atoms with E-state index in [1.807, 2.05) is 0 Å². The fraction of sp³-hybridized carbons (Fsp3) is 0.391. The topological polar surface area (TPSA) is 25.0 Å². The Labute approximate surface area is 148 Å². The van der Waals surface area contributed by atoms with Crippen LogP contribution in [-0.2, 0) is 0 Å². The average Bonchev–Trinajstić information content (AvgIpc) is 2.93. The Bertz CT molecular complexity index is 1030. The number of rotatable bonds is 1. The summed E-state index contributed by atoms with van der Waals surface area (Å²) in [5, 5.41) is 2.63. The molecule has 2 aliphatic rings. The molecular formula is C23H25NO. The van der Waals surface area contributed by atoms with Crippen LogP contribution in [0.2, 0.25) is 0 Å². The Kier molecular flexibility index (Phi) is 2.96. The van der Waals surface area contributed by atoms with Crippen molar-refractivity contribution in [1.29, 1.82) is 0 Å². The fourth-order valence-electron chi connectivity index (χ4n) is 5.23. The first-order valence-electron chi connectivity index (χ1n) is 9.35. The van der Waals surface area contributed by atoms with E-state index in [2.05, 4.69) is 62.7 Å². The first-order chi connectivity index (χ1) is 12.0. The quantitative estimate of drug-likeness (QED) is 0.524. The zero-order valence-corrected chi connectivity index (χ0v) is 15.3. The maximum absolute atomic E-state index is 6.60. The monoisotopic (exact) mass is 331 g/mol. The molecule has 2 heteroatoms. The number of hydrogen-bond donors (Lipinski definition) is 1. The summed E-state index contributed by atoms with van der Waals surface area (Å²) in [4.78, 5) is 3.70. The Morgan fingerprint density at radius 1 is 1.28 bits per heavy atom. The van der Waals surface area contributed by atoms with E-state index in [0.717, 1.165) is 18.6 Å². The van der Waals surface area contributed by atoms with Crippen molar-refractivity contribution in [2.24, 2.45) is 5.92 Å². The number of para-hydroxylation sites is 1. The number of nitrogens with one attached hydrogen (secondary N) is 1. The van der Waals surface area contributed by atoms with Gasteiger partial charge in [-0.2, -0.15) is 0 Å². The zero-order valence-electron chi connectivity index (χ0n) is 15.3. The van der Waals surface area contributed by atoms with Gasteiger partial charge in [-0.25, -0.2) is 0 Å². The molecule has 0 radical (unpaired) electrons. The van der Waals surface area contributed by atoms with Crippen LogP contribution in [0.25, 0.3) is 21.8 Å². The Balaban J connectivity index is 1.87. The van der Waals surface area contributed by atoms with E-state index in [1.54, 1.807) is 0 Å². The molecular weight excluding hydrogens is 306 g/mol. The van der Waals surface area contributed by atoms with Crippen LogP contribution in [0, 0.1) is 12.8 Å². The summed E-state index contributed by atoms with van der Waals surface area (Å²) in [5.41, 5.74) is 6.39. The van der Waals surface area contributed by atoms with Crippen molar-refractivity contribution in [3.05, 3.63) is 53.6 Å². The van der Waals surface area contributed by atoms with Crippen molar-refractivity contribution < 1.29 is 4.74 Å². The van der Waals surface area contributed by atoms with Crippen LogP contribution in [-0.4, -0.2) is 10.6 Å². The number of aromatic nitrogens is 1. The van der Waals surface area contributed by atoms with Crippen molar-refractivity contribution in [3.8, 4) is 5.75 Å². The predicted octanol–water partition coefficient (Wildman–Crippen LogP) is 6.24. The molecule has 0 amide bonds. The van der Waals surface area contributed by atoms with Crippen LogP contribution in [0.3, 0.4) is 0 Å². The Morgan fingerprint density at radius 2 is 2.08 bits per heavy atom. The molecule has 1 saturated carbocycles. The SMILES string of the molecule is C=C(C)[C@@H]1CC[C@@]2(C)C[C@@H]1c1c(c(C)cc3c1[nH]c1ccccc13)O2. The number of aromatic amines is 1. The maximum atomic E-state index is 6.60.